The maximum absolute atomic E-state index is 6.29. The summed E-state index contributed by atoms with van der Waals surface area (Å²) in [6, 6.07) is 8.18. The molecule has 1 atom stereocenters. The first kappa shape index (κ1) is 18.0. The van der Waals surface area contributed by atoms with Crippen LogP contribution < -0.4 is 10.5 Å². The van der Waals surface area contributed by atoms with Gasteiger partial charge < -0.3 is 20.3 Å². The van der Waals surface area contributed by atoms with E-state index in [-0.39, 0.29) is 12.1 Å². The second-order valence-electron chi connectivity index (χ2n) is 6.26. The Kier molecular flexibility index (Phi) is 7.72. The quantitative estimate of drug-likeness (QED) is 0.759. The topological polar surface area (TPSA) is 41.7 Å². The largest absolute Gasteiger partial charge is 0.491 e. The van der Waals surface area contributed by atoms with Gasteiger partial charge in [-0.05, 0) is 72.2 Å². The van der Waals surface area contributed by atoms with Crippen LogP contribution in [0.15, 0.2) is 24.3 Å². The molecule has 1 aromatic rings. The highest BCUT2D eigenvalue weighted by Crippen LogP contribution is 2.18. The smallest absolute Gasteiger partial charge is 0.119 e. The maximum atomic E-state index is 6.29. The Balaban J connectivity index is 2.42. The average molecular weight is 293 g/mol. The highest BCUT2D eigenvalue weighted by Gasteiger charge is 2.09. The lowest BCUT2D eigenvalue weighted by molar-refractivity contribution is 0.242. The lowest BCUT2D eigenvalue weighted by Gasteiger charge is -2.22. The van der Waals surface area contributed by atoms with Crippen molar-refractivity contribution in [3.8, 4) is 5.75 Å². The van der Waals surface area contributed by atoms with Crippen molar-refractivity contribution in [1.82, 2.24) is 9.80 Å². The van der Waals surface area contributed by atoms with E-state index < -0.39 is 0 Å². The second-order valence-corrected chi connectivity index (χ2v) is 6.26. The SMILES string of the molecule is CC(C)Oc1ccc(C(N)CN(C)CCCN(C)C)cc1. The summed E-state index contributed by atoms with van der Waals surface area (Å²) < 4.78 is 5.65. The molecule has 0 aromatic heterocycles. The van der Waals surface area contributed by atoms with Gasteiger partial charge in [0.15, 0.2) is 0 Å². The van der Waals surface area contributed by atoms with Crippen molar-refractivity contribution in [3.05, 3.63) is 29.8 Å². The number of nitrogens with two attached hydrogens (primary N) is 1. The number of benzene rings is 1. The van der Waals surface area contributed by atoms with Crippen LogP contribution in [0.1, 0.15) is 31.9 Å². The van der Waals surface area contributed by atoms with E-state index in [4.69, 9.17) is 10.5 Å². The molecule has 0 amide bonds. The fraction of sp³-hybridized carbons (Fsp3) is 0.647. The Bertz CT molecular complexity index is 390. The van der Waals surface area contributed by atoms with Crippen LogP contribution in [-0.2, 0) is 0 Å². The molecular formula is C17H31N3O. The Morgan fingerprint density at radius 1 is 1.05 bits per heavy atom. The van der Waals surface area contributed by atoms with Crippen LogP contribution >= 0.6 is 0 Å². The van der Waals surface area contributed by atoms with E-state index in [1.165, 1.54) is 0 Å². The molecule has 0 radical (unpaired) electrons. The summed E-state index contributed by atoms with van der Waals surface area (Å²) in [5, 5.41) is 0. The minimum Gasteiger partial charge on any atom is -0.491 e. The molecule has 0 spiro atoms. The van der Waals surface area contributed by atoms with Crippen molar-refractivity contribution in [1.29, 1.82) is 0 Å². The van der Waals surface area contributed by atoms with Crippen molar-refractivity contribution in [3.63, 3.8) is 0 Å². The molecule has 0 saturated carbocycles. The van der Waals surface area contributed by atoms with Gasteiger partial charge in [-0.3, -0.25) is 0 Å². The highest BCUT2D eigenvalue weighted by atomic mass is 16.5. The molecule has 0 aliphatic heterocycles. The molecule has 2 N–H and O–H groups in total. The standard InChI is InChI=1S/C17H31N3O/c1-14(2)21-16-9-7-15(8-10-16)17(18)13-20(5)12-6-11-19(3)4/h7-10,14,17H,6,11-13,18H2,1-5H3. The molecule has 4 nitrogen and oxygen atoms in total. The molecule has 0 saturated heterocycles. The molecule has 120 valence electrons. The van der Waals surface area contributed by atoms with E-state index in [1.54, 1.807) is 0 Å². The molecule has 21 heavy (non-hydrogen) atoms. The van der Waals surface area contributed by atoms with Gasteiger partial charge in [0.1, 0.15) is 5.75 Å². The van der Waals surface area contributed by atoms with E-state index in [0.717, 1.165) is 37.4 Å². The van der Waals surface area contributed by atoms with Gasteiger partial charge in [-0.1, -0.05) is 12.1 Å². The van der Waals surface area contributed by atoms with Crippen LogP contribution in [0, 0.1) is 0 Å². The first-order chi connectivity index (χ1) is 9.88. The normalized spacial score (nSPS) is 13.2. The van der Waals surface area contributed by atoms with Crippen LogP contribution in [-0.4, -0.2) is 56.7 Å². The number of likely N-dealkylation sites (N-methyl/N-ethyl adjacent to an activating group) is 1. The lowest BCUT2D eigenvalue weighted by atomic mass is 10.1. The zero-order chi connectivity index (χ0) is 15.8. The molecule has 4 heteroatoms. The molecule has 1 aromatic carbocycles. The Labute approximate surface area is 129 Å². The fourth-order valence-electron chi connectivity index (χ4n) is 2.26. The molecular weight excluding hydrogens is 262 g/mol. The molecule has 1 rings (SSSR count). The van der Waals surface area contributed by atoms with Gasteiger partial charge in [-0.25, -0.2) is 0 Å². The maximum Gasteiger partial charge on any atom is 0.119 e. The van der Waals surface area contributed by atoms with Crippen molar-refractivity contribution in [2.24, 2.45) is 5.73 Å². The van der Waals surface area contributed by atoms with Crippen molar-refractivity contribution >= 4 is 0 Å². The van der Waals surface area contributed by atoms with E-state index in [9.17, 15) is 0 Å². The predicted molar refractivity (Wildman–Crippen MR) is 89.8 cm³/mol. The minimum absolute atomic E-state index is 0.0439. The van der Waals surface area contributed by atoms with Crippen LogP contribution in [0.3, 0.4) is 0 Å². The van der Waals surface area contributed by atoms with E-state index >= 15 is 0 Å². The summed E-state index contributed by atoms with van der Waals surface area (Å²) in [6.45, 7) is 7.11. The molecule has 0 bridgehead atoms. The zero-order valence-electron chi connectivity index (χ0n) is 14.2. The van der Waals surface area contributed by atoms with E-state index in [1.807, 2.05) is 26.0 Å². The highest BCUT2D eigenvalue weighted by molar-refractivity contribution is 5.29. The van der Waals surface area contributed by atoms with Gasteiger partial charge >= 0.3 is 0 Å². The van der Waals surface area contributed by atoms with Crippen LogP contribution in [0.5, 0.6) is 5.75 Å². The predicted octanol–water partition coefficient (Wildman–Crippen LogP) is 2.36. The van der Waals surface area contributed by atoms with Gasteiger partial charge in [0.05, 0.1) is 6.10 Å². The Morgan fingerprint density at radius 3 is 2.19 bits per heavy atom. The van der Waals surface area contributed by atoms with Gasteiger partial charge in [-0.15, -0.1) is 0 Å². The summed E-state index contributed by atoms with van der Waals surface area (Å²) in [7, 11) is 6.34. The number of hydrogen-bond acceptors (Lipinski definition) is 4. The van der Waals surface area contributed by atoms with Crippen molar-refractivity contribution < 1.29 is 4.74 Å². The molecule has 0 heterocycles. The second kappa shape index (κ2) is 9.03. The molecule has 0 aliphatic rings. The molecule has 0 aliphatic carbocycles. The number of ether oxygens (including phenoxy) is 1. The van der Waals surface area contributed by atoms with Crippen LogP contribution in [0.4, 0.5) is 0 Å². The molecule has 0 fully saturated rings. The van der Waals surface area contributed by atoms with Crippen LogP contribution in [0.2, 0.25) is 0 Å². The summed E-state index contributed by atoms with van der Waals surface area (Å²) in [4.78, 5) is 4.51. The van der Waals surface area contributed by atoms with Crippen molar-refractivity contribution in [2.45, 2.75) is 32.4 Å². The van der Waals surface area contributed by atoms with Gasteiger partial charge in [0.25, 0.3) is 0 Å². The van der Waals surface area contributed by atoms with Crippen molar-refractivity contribution in [2.75, 3.05) is 40.8 Å². The number of nitrogens with zero attached hydrogens (tertiary/aromatic N) is 2. The summed E-state index contributed by atoms with van der Waals surface area (Å²) in [5.74, 6) is 0.903. The Hall–Kier alpha value is -1.10. The Morgan fingerprint density at radius 2 is 1.67 bits per heavy atom. The monoisotopic (exact) mass is 293 g/mol. The first-order valence-corrected chi connectivity index (χ1v) is 7.74. The third-order valence-corrected chi connectivity index (χ3v) is 3.33. The number of rotatable bonds is 9. The summed E-state index contributed by atoms with van der Waals surface area (Å²) >= 11 is 0. The van der Waals surface area contributed by atoms with Gasteiger partial charge in [0.2, 0.25) is 0 Å². The zero-order valence-corrected chi connectivity index (χ0v) is 14.2. The average Bonchev–Trinajstić information content (AvgIpc) is 2.38. The lowest BCUT2D eigenvalue weighted by Crippen LogP contribution is -2.31. The third kappa shape index (κ3) is 7.46. The van der Waals surface area contributed by atoms with E-state index in [0.29, 0.717) is 0 Å². The number of hydrogen-bond donors (Lipinski definition) is 1. The fourth-order valence-corrected chi connectivity index (χ4v) is 2.26. The first-order valence-electron chi connectivity index (χ1n) is 7.74. The summed E-state index contributed by atoms with van der Waals surface area (Å²) in [6.07, 6.45) is 1.37. The summed E-state index contributed by atoms with van der Waals surface area (Å²) in [5.41, 5.74) is 7.44. The van der Waals surface area contributed by atoms with Crippen LogP contribution in [0.25, 0.3) is 0 Å². The van der Waals surface area contributed by atoms with E-state index in [2.05, 4.69) is 43.1 Å². The minimum atomic E-state index is 0.0439. The van der Waals surface area contributed by atoms with Gasteiger partial charge in [-0.2, -0.15) is 0 Å². The van der Waals surface area contributed by atoms with Gasteiger partial charge in [0, 0.05) is 12.6 Å². The molecule has 1 unspecified atom stereocenters. The third-order valence-electron chi connectivity index (χ3n) is 3.33.